The Labute approximate surface area is 254 Å². The first-order valence-electron chi connectivity index (χ1n) is 15.8. The molecule has 3 aliphatic heterocycles. The molecule has 1 aromatic heterocycles. The van der Waals surface area contributed by atoms with Crippen LogP contribution in [0.15, 0.2) is 36.8 Å². The highest BCUT2D eigenvalue weighted by Gasteiger charge is 2.30. The van der Waals surface area contributed by atoms with E-state index in [2.05, 4.69) is 21.7 Å². The Morgan fingerprint density at radius 3 is 2.30 bits per heavy atom. The summed E-state index contributed by atoms with van der Waals surface area (Å²) >= 11 is 0. The molecule has 2 aromatic rings. The van der Waals surface area contributed by atoms with E-state index in [4.69, 9.17) is 9.47 Å². The smallest absolute Gasteiger partial charge is 0.410 e. The third kappa shape index (κ3) is 8.12. The van der Waals surface area contributed by atoms with E-state index >= 15 is 8.78 Å². The van der Waals surface area contributed by atoms with Crippen molar-refractivity contribution in [3.05, 3.63) is 70.7 Å². The van der Waals surface area contributed by atoms with Crippen molar-refractivity contribution in [3.63, 3.8) is 0 Å². The van der Waals surface area contributed by atoms with Gasteiger partial charge in [-0.15, -0.1) is 0 Å². The quantitative estimate of drug-likeness (QED) is 0.336. The van der Waals surface area contributed by atoms with Crippen molar-refractivity contribution in [2.24, 2.45) is 0 Å². The largest absolute Gasteiger partial charge is 0.444 e. The van der Waals surface area contributed by atoms with Gasteiger partial charge in [-0.25, -0.2) is 13.6 Å². The number of unbranched alkanes of at least 4 members (excludes halogenated alkanes) is 1. The fraction of sp³-hybridized carbons (Fsp3) is 0.588. The van der Waals surface area contributed by atoms with Crippen LogP contribution >= 0.6 is 0 Å². The molecule has 3 aliphatic rings. The van der Waals surface area contributed by atoms with Gasteiger partial charge in [-0.05, 0) is 87.8 Å². The summed E-state index contributed by atoms with van der Waals surface area (Å²) in [7, 11) is 0. The van der Waals surface area contributed by atoms with Crippen molar-refractivity contribution in [2.45, 2.75) is 97.1 Å². The summed E-state index contributed by atoms with van der Waals surface area (Å²) in [5, 5.41) is 0. The molecule has 0 spiro atoms. The number of hydrogen-bond donors (Lipinski definition) is 0. The second-order valence-electron chi connectivity index (χ2n) is 13.1. The fourth-order valence-electron chi connectivity index (χ4n) is 6.18. The Kier molecular flexibility index (Phi) is 10.0. The van der Waals surface area contributed by atoms with E-state index in [1.54, 1.807) is 11.1 Å². The summed E-state index contributed by atoms with van der Waals surface area (Å²) in [6, 6.07) is 4.90. The minimum absolute atomic E-state index is 0.116. The number of likely N-dealkylation sites (tertiary alicyclic amines) is 2. The van der Waals surface area contributed by atoms with Crippen LogP contribution in [0.5, 0.6) is 0 Å². The maximum absolute atomic E-state index is 15.5. The molecule has 9 heteroatoms. The summed E-state index contributed by atoms with van der Waals surface area (Å²) in [5.41, 5.74) is 3.05. The number of rotatable bonds is 8. The van der Waals surface area contributed by atoms with E-state index in [0.29, 0.717) is 18.7 Å². The number of hydrogen-bond acceptors (Lipinski definition) is 6. The van der Waals surface area contributed by atoms with E-state index in [1.165, 1.54) is 12.1 Å². The van der Waals surface area contributed by atoms with Crippen LogP contribution in [-0.4, -0.2) is 76.3 Å². The summed E-state index contributed by atoms with van der Waals surface area (Å²) < 4.78 is 42.8. The zero-order valence-corrected chi connectivity index (χ0v) is 26.1. The van der Waals surface area contributed by atoms with Gasteiger partial charge in [0.05, 0.1) is 12.2 Å². The van der Waals surface area contributed by atoms with E-state index in [1.807, 2.05) is 39.2 Å². The zero-order chi connectivity index (χ0) is 30.6. The Bertz CT molecular complexity index is 1270. The maximum Gasteiger partial charge on any atom is 0.410 e. The third-order valence-corrected chi connectivity index (χ3v) is 8.52. The molecule has 234 valence electrons. The molecule has 0 N–H and O–H groups in total. The molecule has 0 radical (unpaired) electrons. The lowest BCUT2D eigenvalue weighted by Crippen LogP contribution is -2.45. The van der Waals surface area contributed by atoms with E-state index in [0.717, 1.165) is 81.4 Å². The van der Waals surface area contributed by atoms with Crippen molar-refractivity contribution < 1.29 is 23.0 Å². The van der Waals surface area contributed by atoms with Crippen LogP contribution in [0.2, 0.25) is 0 Å². The lowest BCUT2D eigenvalue weighted by molar-refractivity contribution is -0.0670. The molecule has 2 saturated heterocycles. The van der Waals surface area contributed by atoms with Crippen LogP contribution in [0.1, 0.15) is 88.5 Å². The molecular formula is C34H46F2N4O3. The van der Waals surface area contributed by atoms with Crippen LogP contribution in [0.25, 0.3) is 5.57 Å². The fourth-order valence-corrected chi connectivity index (χ4v) is 6.18. The highest BCUT2D eigenvalue weighted by atomic mass is 19.1. The number of aromatic nitrogens is 1. The van der Waals surface area contributed by atoms with Gasteiger partial charge >= 0.3 is 6.09 Å². The minimum atomic E-state index is -0.507. The maximum atomic E-state index is 15.5. The molecule has 0 saturated carbocycles. The van der Waals surface area contributed by atoms with Gasteiger partial charge in [0, 0.05) is 75.5 Å². The van der Waals surface area contributed by atoms with Gasteiger partial charge in [-0.1, -0.05) is 13.3 Å². The van der Waals surface area contributed by atoms with Gasteiger partial charge in [-0.3, -0.25) is 9.88 Å². The predicted molar refractivity (Wildman–Crippen MR) is 163 cm³/mol. The van der Waals surface area contributed by atoms with Crippen molar-refractivity contribution >= 4 is 11.7 Å². The molecule has 7 nitrogen and oxygen atoms in total. The Balaban J connectivity index is 1.15. The number of fused-ring (bicyclic) bond motifs is 1. The van der Waals surface area contributed by atoms with Gasteiger partial charge in [0.25, 0.3) is 0 Å². The van der Waals surface area contributed by atoms with E-state index < -0.39 is 17.2 Å². The molecule has 0 atom stereocenters. The predicted octanol–water partition coefficient (Wildman–Crippen LogP) is 6.75. The number of pyridine rings is 1. The number of amides is 1. The number of piperidine rings is 2. The van der Waals surface area contributed by atoms with Gasteiger partial charge < -0.3 is 19.3 Å². The second-order valence-corrected chi connectivity index (χ2v) is 13.1. The molecule has 2 fully saturated rings. The van der Waals surface area contributed by atoms with Crippen molar-refractivity contribution in [3.8, 4) is 0 Å². The molecule has 5 rings (SSSR count). The summed E-state index contributed by atoms with van der Waals surface area (Å²) in [4.78, 5) is 22.7. The first-order chi connectivity index (χ1) is 20.6. The van der Waals surface area contributed by atoms with Gasteiger partial charge in [0.1, 0.15) is 17.2 Å². The standard InChI is InChI=1S/C34H46F2N4O3/c1-5-6-13-39-21-25-20-37-12-7-28(25)29(22-39)24-18-31(35)30(32(36)19-24)23-38-14-8-26(9-15-38)42-27-10-16-40(17-11-27)33(41)43-34(2,3)4/h7,12,18-20,22,26-27H,5-6,8-11,13-17,21,23H2,1-4H3. The molecule has 0 unspecified atom stereocenters. The molecule has 4 heterocycles. The normalized spacial score (nSPS) is 18.9. The van der Waals surface area contributed by atoms with Crippen LogP contribution < -0.4 is 0 Å². The first-order valence-corrected chi connectivity index (χ1v) is 15.8. The Morgan fingerprint density at radius 2 is 1.67 bits per heavy atom. The van der Waals surface area contributed by atoms with Crippen LogP contribution in [0.4, 0.5) is 13.6 Å². The number of benzene rings is 1. The molecule has 43 heavy (non-hydrogen) atoms. The SMILES string of the molecule is CCCCN1C=C(c2cc(F)c(CN3CCC(OC4CCN(C(=O)OC(C)(C)C)CC4)CC3)c(F)c2)c2ccncc2C1. The van der Waals surface area contributed by atoms with Crippen molar-refractivity contribution in [2.75, 3.05) is 32.7 Å². The van der Waals surface area contributed by atoms with Gasteiger partial charge in [0.2, 0.25) is 0 Å². The number of carbonyl (C=O) groups excluding carboxylic acids is 1. The monoisotopic (exact) mass is 596 g/mol. The zero-order valence-electron chi connectivity index (χ0n) is 26.1. The number of carbonyl (C=O) groups is 1. The molecule has 0 aliphatic carbocycles. The van der Waals surface area contributed by atoms with Crippen molar-refractivity contribution in [1.29, 1.82) is 0 Å². The highest BCUT2D eigenvalue weighted by Crippen LogP contribution is 2.34. The Morgan fingerprint density at radius 1 is 1.02 bits per heavy atom. The average molecular weight is 597 g/mol. The second kappa shape index (κ2) is 13.7. The average Bonchev–Trinajstić information content (AvgIpc) is 2.97. The molecule has 1 aromatic carbocycles. The van der Waals surface area contributed by atoms with Crippen molar-refractivity contribution in [1.82, 2.24) is 19.7 Å². The van der Waals surface area contributed by atoms with E-state index in [-0.39, 0.29) is 30.4 Å². The minimum Gasteiger partial charge on any atom is -0.444 e. The van der Waals surface area contributed by atoms with Crippen LogP contribution in [0, 0.1) is 11.6 Å². The molecular weight excluding hydrogens is 550 g/mol. The summed E-state index contributed by atoms with van der Waals surface area (Å²) in [5.74, 6) is -1.01. The highest BCUT2D eigenvalue weighted by molar-refractivity contribution is 5.82. The number of nitrogens with zero attached hydrogens (tertiary/aromatic N) is 4. The first kappa shape index (κ1) is 31.4. The topological polar surface area (TPSA) is 58.1 Å². The lowest BCUT2D eigenvalue weighted by atomic mass is 9.92. The molecule has 1 amide bonds. The van der Waals surface area contributed by atoms with Crippen LogP contribution in [-0.2, 0) is 22.6 Å². The summed E-state index contributed by atoms with van der Waals surface area (Å²) in [6.07, 6.45) is 10.9. The number of halogens is 2. The third-order valence-electron chi connectivity index (χ3n) is 8.52. The van der Waals surface area contributed by atoms with Gasteiger partial charge in [-0.2, -0.15) is 0 Å². The number of ether oxygens (including phenoxy) is 2. The summed E-state index contributed by atoms with van der Waals surface area (Å²) in [6.45, 7) is 12.4. The molecule has 0 bridgehead atoms. The van der Waals surface area contributed by atoms with Gasteiger partial charge in [0.15, 0.2) is 0 Å². The van der Waals surface area contributed by atoms with E-state index in [9.17, 15) is 4.79 Å². The van der Waals surface area contributed by atoms with Crippen LogP contribution in [0.3, 0.4) is 0 Å². The Hall–Kier alpha value is -3.04. The lowest BCUT2D eigenvalue weighted by Gasteiger charge is -2.37.